The van der Waals surface area contributed by atoms with Gasteiger partial charge in [-0.05, 0) is 6.92 Å². The molecule has 0 unspecified atom stereocenters. The Labute approximate surface area is 59.6 Å². The topological polar surface area (TPSA) is 49.7 Å². The van der Waals surface area contributed by atoms with Gasteiger partial charge in [-0.25, -0.2) is 0 Å². The zero-order chi connectivity index (χ0) is 7.72. The molecule has 4 atom stereocenters. The van der Waals surface area contributed by atoms with Crippen LogP contribution in [0.25, 0.3) is 0 Å². The first-order valence-corrected chi connectivity index (χ1v) is 3.14. The van der Waals surface area contributed by atoms with Crippen molar-refractivity contribution >= 4 is 0 Å². The highest BCUT2D eigenvalue weighted by atomic mass is 16.5. The molecule has 0 amide bonds. The minimum atomic E-state index is -0.931. The smallest absolute Gasteiger partial charge is 0.146 e. The molecule has 0 aliphatic carbocycles. The first-order chi connectivity index (χ1) is 4.66. The standard InChI is InChI=1S/C7H10O3/c1-3-5-7(9)6(8)4(2)10-5/h1,4-9H,2H3/t4-,5-,6-,7+/m1/s1. The normalized spacial score (nSPS) is 47.0. The van der Waals surface area contributed by atoms with Crippen LogP contribution in [0.1, 0.15) is 6.92 Å². The van der Waals surface area contributed by atoms with Crippen LogP contribution < -0.4 is 0 Å². The van der Waals surface area contributed by atoms with Crippen LogP contribution in [-0.2, 0) is 4.74 Å². The zero-order valence-corrected chi connectivity index (χ0v) is 5.69. The first-order valence-electron chi connectivity index (χ1n) is 3.14. The summed E-state index contributed by atoms with van der Waals surface area (Å²) in [6.07, 6.45) is 2.21. The second-order valence-corrected chi connectivity index (χ2v) is 2.41. The van der Waals surface area contributed by atoms with Crippen molar-refractivity contribution in [2.24, 2.45) is 0 Å². The third kappa shape index (κ3) is 1.01. The molecule has 0 aromatic rings. The summed E-state index contributed by atoms with van der Waals surface area (Å²) in [5.74, 6) is 2.24. The summed E-state index contributed by atoms with van der Waals surface area (Å²) in [4.78, 5) is 0. The fraction of sp³-hybridized carbons (Fsp3) is 0.714. The highest BCUT2D eigenvalue weighted by Crippen LogP contribution is 2.19. The minimum absolute atomic E-state index is 0.365. The van der Waals surface area contributed by atoms with Crippen molar-refractivity contribution in [1.82, 2.24) is 0 Å². The van der Waals surface area contributed by atoms with Crippen LogP contribution in [0, 0.1) is 12.3 Å². The lowest BCUT2D eigenvalue weighted by atomic mass is 10.1. The van der Waals surface area contributed by atoms with Crippen LogP contribution >= 0.6 is 0 Å². The quantitative estimate of drug-likeness (QED) is 0.432. The van der Waals surface area contributed by atoms with E-state index in [0.717, 1.165) is 0 Å². The maximum atomic E-state index is 9.11. The third-order valence-corrected chi connectivity index (χ3v) is 1.67. The van der Waals surface area contributed by atoms with Gasteiger partial charge in [0.1, 0.15) is 18.3 Å². The Kier molecular flexibility index (Phi) is 1.95. The number of hydrogen-bond donors (Lipinski definition) is 2. The summed E-state index contributed by atoms with van der Waals surface area (Å²) in [5.41, 5.74) is 0. The summed E-state index contributed by atoms with van der Waals surface area (Å²) in [6, 6.07) is 0. The molecule has 0 aromatic carbocycles. The van der Waals surface area contributed by atoms with Crippen LogP contribution in [0.2, 0.25) is 0 Å². The molecule has 1 rings (SSSR count). The summed E-state index contributed by atoms with van der Waals surface area (Å²) in [7, 11) is 0. The predicted octanol–water partition coefficient (Wildman–Crippen LogP) is -0.871. The van der Waals surface area contributed by atoms with E-state index >= 15 is 0 Å². The summed E-state index contributed by atoms with van der Waals surface area (Å²) in [6.45, 7) is 1.67. The van der Waals surface area contributed by atoms with Gasteiger partial charge in [0.05, 0.1) is 6.10 Å². The van der Waals surface area contributed by atoms with Crippen LogP contribution in [0.4, 0.5) is 0 Å². The van der Waals surface area contributed by atoms with Crippen LogP contribution in [0.15, 0.2) is 0 Å². The van der Waals surface area contributed by atoms with Crippen molar-refractivity contribution in [2.45, 2.75) is 31.3 Å². The first kappa shape index (κ1) is 7.55. The Morgan fingerprint density at radius 3 is 2.20 bits per heavy atom. The van der Waals surface area contributed by atoms with Gasteiger partial charge >= 0.3 is 0 Å². The largest absolute Gasteiger partial charge is 0.388 e. The average Bonchev–Trinajstić information content (AvgIpc) is 2.17. The third-order valence-electron chi connectivity index (χ3n) is 1.67. The number of hydrogen-bond acceptors (Lipinski definition) is 3. The SMILES string of the molecule is C#C[C@H]1O[C@H](C)[C@@H](O)[C@H]1O. The van der Waals surface area contributed by atoms with E-state index in [9.17, 15) is 0 Å². The lowest BCUT2D eigenvalue weighted by Crippen LogP contribution is -2.30. The van der Waals surface area contributed by atoms with Gasteiger partial charge in [0.15, 0.2) is 0 Å². The van der Waals surface area contributed by atoms with Crippen molar-refractivity contribution in [1.29, 1.82) is 0 Å². The Morgan fingerprint density at radius 2 is 2.00 bits per heavy atom. The maximum absolute atomic E-state index is 9.11. The summed E-state index contributed by atoms with van der Waals surface area (Å²) >= 11 is 0. The molecule has 3 heteroatoms. The number of ether oxygens (including phenoxy) is 1. The number of rotatable bonds is 0. The molecular formula is C7H10O3. The molecule has 1 saturated heterocycles. The highest BCUT2D eigenvalue weighted by Gasteiger charge is 2.38. The highest BCUT2D eigenvalue weighted by molar-refractivity contribution is 5.05. The number of terminal acetylenes is 1. The van der Waals surface area contributed by atoms with Crippen LogP contribution in [0.5, 0.6) is 0 Å². The molecule has 1 aliphatic heterocycles. The monoisotopic (exact) mass is 142 g/mol. The van der Waals surface area contributed by atoms with E-state index in [-0.39, 0.29) is 6.10 Å². The van der Waals surface area contributed by atoms with Gasteiger partial charge in [0, 0.05) is 0 Å². The van der Waals surface area contributed by atoms with E-state index in [4.69, 9.17) is 21.4 Å². The van der Waals surface area contributed by atoms with Crippen molar-refractivity contribution < 1.29 is 14.9 Å². The van der Waals surface area contributed by atoms with Gasteiger partial charge in [-0.3, -0.25) is 0 Å². The Hall–Kier alpha value is -0.560. The molecule has 56 valence electrons. The van der Waals surface area contributed by atoms with E-state index < -0.39 is 18.3 Å². The van der Waals surface area contributed by atoms with E-state index in [1.165, 1.54) is 0 Å². The number of aliphatic hydroxyl groups excluding tert-OH is 2. The lowest BCUT2D eigenvalue weighted by Gasteiger charge is -2.07. The molecule has 2 N–H and O–H groups in total. The molecule has 0 radical (unpaired) electrons. The molecule has 3 nitrogen and oxygen atoms in total. The van der Waals surface area contributed by atoms with Crippen LogP contribution in [-0.4, -0.2) is 34.6 Å². The van der Waals surface area contributed by atoms with Gasteiger partial charge in [0.2, 0.25) is 0 Å². The molecule has 10 heavy (non-hydrogen) atoms. The molecule has 1 fully saturated rings. The molecule has 1 aliphatic rings. The summed E-state index contributed by atoms with van der Waals surface area (Å²) in [5, 5.41) is 18.2. The van der Waals surface area contributed by atoms with Gasteiger partial charge in [0.25, 0.3) is 0 Å². The molecule has 0 aromatic heterocycles. The van der Waals surface area contributed by atoms with Crippen molar-refractivity contribution in [2.75, 3.05) is 0 Å². The Bertz CT molecular complexity index is 161. The summed E-state index contributed by atoms with van der Waals surface area (Å²) < 4.78 is 5.00. The minimum Gasteiger partial charge on any atom is -0.388 e. The van der Waals surface area contributed by atoms with Gasteiger partial charge in [-0.15, -0.1) is 6.42 Å². The Morgan fingerprint density at radius 1 is 1.40 bits per heavy atom. The fourth-order valence-electron chi connectivity index (χ4n) is 0.987. The van der Waals surface area contributed by atoms with Gasteiger partial charge in [-0.2, -0.15) is 0 Å². The van der Waals surface area contributed by atoms with Crippen molar-refractivity contribution in [3.63, 3.8) is 0 Å². The fourth-order valence-corrected chi connectivity index (χ4v) is 0.987. The average molecular weight is 142 g/mol. The maximum Gasteiger partial charge on any atom is 0.146 e. The Balaban J connectivity index is 2.64. The van der Waals surface area contributed by atoms with Gasteiger partial charge in [-0.1, -0.05) is 5.92 Å². The van der Waals surface area contributed by atoms with E-state index in [2.05, 4.69) is 5.92 Å². The zero-order valence-electron chi connectivity index (χ0n) is 5.69. The van der Waals surface area contributed by atoms with E-state index in [1.54, 1.807) is 6.92 Å². The van der Waals surface area contributed by atoms with Crippen LogP contribution in [0.3, 0.4) is 0 Å². The molecule has 0 spiro atoms. The van der Waals surface area contributed by atoms with E-state index in [0.29, 0.717) is 0 Å². The molecule has 1 heterocycles. The van der Waals surface area contributed by atoms with Crippen molar-refractivity contribution in [3.8, 4) is 12.3 Å². The lowest BCUT2D eigenvalue weighted by molar-refractivity contribution is 0.0317. The van der Waals surface area contributed by atoms with Gasteiger partial charge < -0.3 is 14.9 Å². The molecule has 0 saturated carbocycles. The van der Waals surface area contributed by atoms with Crippen molar-refractivity contribution in [3.05, 3.63) is 0 Å². The molecular weight excluding hydrogens is 132 g/mol. The predicted molar refractivity (Wildman–Crippen MR) is 35.2 cm³/mol. The second-order valence-electron chi connectivity index (χ2n) is 2.41. The number of aliphatic hydroxyl groups is 2. The molecule has 0 bridgehead atoms. The van der Waals surface area contributed by atoms with E-state index in [1.807, 2.05) is 0 Å². The second kappa shape index (κ2) is 2.59.